The van der Waals surface area contributed by atoms with Crippen LogP contribution in [-0.4, -0.2) is 15.2 Å². The van der Waals surface area contributed by atoms with Crippen LogP contribution in [0.3, 0.4) is 0 Å². The van der Waals surface area contributed by atoms with Crippen LogP contribution >= 0.6 is 0 Å². The Morgan fingerprint density at radius 3 is 2.82 bits per heavy atom. The predicted molar refractivity (Wildman–Crippen MR) is 43.3 cm³/mol. The van der Waals surface area contributed by atoms with E-state index in [1.807, 2.05) is 6.92 Å². The summed E-state index contributed by atoms with van der Waals surface area (Å²) in [5.74, 6) is 0.491. The summed E-state index contributed by atoms with van der Waals surface area (Å²) in [6, 6.07) is 0. The maximum Gasteiger partial charge on any atom is 0.138 e. The number of nitrogens with zero attached hydrogens (tertiary/aromatic N) is 3. The fraction of sp³-hybridized carbons (Fsp3) is 0.625. The molecule has 1 aromatic heterocycles. The second-order valence-corrected chi connectivity index (χ2v) is 2.74. The summed E-state index contributed by atoms with van der Waals surface area (Å²) in [6.45, 7) is 6.24. The zero-order valence-electron chi connectivity index (χ0n) is 7.20. The average molecular weight is 151 g/mol. The molecule has 1 aromatic rings. The number of hydrogen-bond acceptors (Lipinski definition) is 3. The van der Waals surface area contributed by atoms with Crippen molar-refractivity contribution < 1.29 is 0 Å². The van der Waals surface area contributed by atoms with Crippen LogP contribution in [-0.2, 0) is 0 Å². The predicted octanol–water partition coefficient (Wildman–Crippen LogP) is 1.69. The Morgan fingerprint density at radius 1 is 1.55 bits per heavy atom. The van der Waals surface area contributed by atoms with Gasteiger partial charge in [-0.3, -0.25) is 0 Å². The number of aryl methyl sites for hydroxylation is 1. The zero-order valence-corrected chi connectivity index (χ0v) is 7.20. The fourth-order valence-electron chi connectivity index (χ4n) is 1.02. The van der Waals surface area contributed by atoms with Gasteiger partial charge in [0.15, 0.2) is 0 Å². The molecule has 0 radical (unpaired) electrons. The fourth-order valence-corrected chi connectivity index (χ4v) is 1.02. The van der Waals surface area contributed by atoms with Gasteiger partial charge in [0, 0.05) is 5.92 Å². The Bertz CT molecular complexity index is 235. The molecule has 3 nitrogen and oxygen atoms in total. The lowest BCUT2D eigenvalue weighted by atomic mass is 10.0. The molecule has 60 valence electrons. The molecule has 0 aliphatic carbocycles. The van der Waals surface area contributed by atoms with E-state index in [0.717, 1.165) is 17.8 Å². The lowest BCUT2D eigenvalue weighted by molar-refractivity contribution is 0.681. The van der Waals surface area contributed by atoms with Crippen LogP contribution in [0.4, 0.5) is 0 Å². The first-order valence-electron chi connectivity index (χ1n) is 3.89. The highest BCUT2D eigenvalue weighted by Gasteiger charge is 2.07. The summed E-state index contributed by atoms with van der Waals surface area (Å²) in [5, 5.41) is 7.64. The third kappa shape index (κ3) is 1.73. The maximum atomic E-state index is 4.18. The van der Waals surface area contributed by atoms with E-state index in [4.69, 9.17) is 0 Å². The van der Waals surface area contributed by atoms with Crippen molar-refractivity contribution >= 4 is 0 Å². The maximum absolute atomic E-state index is 4.18. The van der Waals surface area contributed by atoms with E-state index in [9.17, 15) is 0 Å². The largest absolute Gasteiger partial charge is 0.237 e. The van der Waals surface area contributed by atoms with Gasteiger partial charge in [-0.25, -0.2) is 4.98 Å². The minimum absolute atomic E-state index is 0.491. The van der Waals surface area contributed by atoms with Gasteiger partial charge in [0.05, 0.1) is 11.4 Å². The van der Waals surface area contributed by atoms with Crippen LogP contribution in [0.15, 0.2) is 6.33 Å². The quantitative estimate of drug-likeness (QED) is 0.645. The van der Waals surface area contributed by atoms with Crippen LogP contribution in [0.25, 0.3) is 0 Å². The van der Waals surface area contributed by atoms with Gasteiger partial charge >= 0.3 is 0 Å². The molecule has 0 amide bonds. The molecule has 0 bridgehead atoms. The minimum Gasteiger partial charge on any atom is -0.237 e. The van der Waals surface area contributed by atoms with E-state index >= 15 is 0 Å². The van der Waals surface area contributed by atoms with Crippen LogP contribution in [0, 0.1) is 6.92 Å². The van der Waals surface area contributed by atoms with Gasteiger partial charge in [-0.1, -0.05) is 13.8 Å². The molecule has 1 heterocycles. The molecule has 0 fully saturated rings. The Kier molecular flexibility index (Phi) is 2.52. The van der Waals surface area contributed by atoms with E-state index in [1.54, 1.807) is 0 Å². The van der Waals surface area contributed by atoms with E-state index in [2.05, 4.69) is 29.0 Å². The third-order valence-electron chi connectivity index (χ3n) is 1.91. The SMILES string of the molecule is CCC(C)c1ncnnc1C. The Labute approximate surface area is 66.9 Å². The van der Waals surface area contributed by atoms with E-state index in [-0.39, 0.29) is 0 Å². The van der Waals surface area contributed by atoms with Crippen molar-refractivity contribution in [3.05, 3.63) is 17.7 Å². The first-order chi connectivity index (χ1) is 5.25. The molecule has 0 N–H and O–H groups in total. The zero-order chi connectivity index (χ0) is 8.27. The van der Waals surface area contributed by atoms with Crippen LogP contribution in [0.5, 0.6) is 0 Å². The van der Waals surface area contributed by atoms with Crippen molar-refractivity contribution in [1.29, 1.82) is 0 Å². The molecule has 3 heteroatoms. The van der Waals surface area contributed by atoms with Crippen molar-refractivity contribution in [2.24, 2.45) is 0 Å². The van der Waals surface area contributed by atoms with Crippen LogP contribution in [0.2, 0.25) is 0 Å². The van der Waals surface area contributed by atoms with Gasteiger partial charge < -0.3 is 0 Å². The Hall–Kier alpha value is -0.990. The second-order valence-electron chi connectivity index (χ2n) is 2.74. The lowest BCUT2D eigenvalue weighted by Gasteiger charge is -2.07. The lowest BCUT2D eigenvalue weighted by Crippen LogP contribution is -2.02. The monoisotopic (exact) mass is 151 g/mol. The molecule has 0 saturated carbocycles. The van der Waals surface area contributed by atoms with Gasteiger partial charge in [0.25, 0.3) is 0 Å². The van der Waals surface area contributed by atoms with E-state index in [1.165, 1.54) is 6.33 Å². The normalized spacial score (nSPS) is 13.0. The topological polar surface area (TPSA) is 38.7 Å². The first kappa shape index (κ1) is 8.11. The molecular weight excluding hydrogens is 138 g/mol. The van der Waals surface area contributed by atoms with Gasteiger partial charge in [0.2, 0.25) is 0 Å². The highest BCUT2D eigenvalue weighted by Crippen LogP contribution is 2.16. The second kappa shape index (κ2) is 3.42. The van der Waals surface area contributed by atoms with Gasteiger partial charge in [-0.2, -0.15) is 5.10 Å². The van der Waals surface area contributed by atoms with Crippen LogP contribution < -0.4 is 0 Å². The van der Waals surface area contributed by atoms with Gasteiger partial charge in [-0.15, -0.1) is 5.10 Å². The molecule has 0 spiro atoms. The number of hydrogen-bond donors (Lipinski definition) is 0. The van der Waals surface area contributed by atoms with E-state index < -0.39 is 0 Å². The highest BCUT2D eigenvalue weighted by molar-refractivity contribution is 5.10. The van der Waals surface area contributed by atoms with Crippen molar-refractivity contribution in [3.8, 4) is 0 Å². The van der Waals surface area contributed by atoms with Crippen LogP contribution in [0.1, 0.15) is 37.6 Å². The third-order valence-corrected chi connectivity index (χ3v) is 1.91. The van der Waals surface area contributed by atoms with Crippen molar-refractivity contribution in [3.63, 3.8) is 0 Å². The average Bonchev–Trinajstić information content (AvgIpc) is 2.04. The molecular formula is C8H13N3. The molecule has 0 aliphatic heterocycles. The highest BCUT2D eigenvalue weighted by atomic mass is 15.1. The molecule has 0 aliphatic rings. The number of aromatic nitrogens is 3. The van der Waals surface area contributed by atoms with Crippen molar-refractivity contribution in [2.45, 2.75) is 33.1 Å². The molecule has 0 aromatic carbocycles. The van der Waals surface area contributed by atoms with Gasteiger partial charge in [-0.05, 0) is 13.3 Å². The summed E-state index contributed by atoms with van der Waals surface area (Å²) in [6.07, 6.45) is 2.61. The summed E-state index contributed by atoms with van der Waals surface area (Å²) in [7, 11) is 0. The Balaban J connectivity index is 2.93. The molecule has 0 saturated heterocycles. The van der Waals surface area contributed by atoms with Gasteiger partial charge in [0.1, 0.15) is 6.33 Å². The number of rotatable bonds is 2. The molecule has 1 atom stereocenters. The summed E-state index contributed by atoms with van der Waals surface area (Å²) >= 11 is 0. The Morgan fingerprint density at radius 2 is 2.27 bits per heavy atom. The first-order valence-corrected chi connectivity index (χ1v) is 3.89. The summed E-state index contributed by atoms with van der Waals surface area (Å²) in [5.41, 5.74) is 2.02. The molecule has 1 unspecified atom stereocenters. The standard InChI is InChI=1S/C8H13N3/c1-4-6(2)8-7(3)11-10-5-9-8/h5-6H,4H2,1-3H3. The van der Waals surface area contributed by atoms with Crippen molar-refractivity contribution in [1.82, 2.24) is 15.2 Å². The van der Waals surface area contributed by atoms with E-state index in [0.29, 0.717) is 5.92 Å². The molecule has 1 rings (SSSR count). The minimum atomic E-state index is 0.491. The molecule has 11 heavy (non-hydrogen) atoms. The smallest absolute Gasteiger partial charge is 0.138 e. The summed E-state index contributed by atoms with van der Waals surface area (Å²) in [4.78, 5) is 4.18. The van der Waals surface area contributed by atoms with Crippen molar-refractivity contribution in [2.75, 3.05) is 0 Å². The summed E-state index contributed by atoms with van der Waals surface area (Å²) < 4.78 is 0.